The van der Waals surface area contributed by atoms with E-state index in [-0.39, 0.29) is 11.6 Å². The summed E-state index contributed by atoms with van der Waals surface area (Å²) in [6.45, 7) is 3.97. The maximum Gasteiger partial charge on any atom is 0.258 e. The highest BCUT2D eigenvalue weighted by atomic mass is 16.1. The molecule has 15 heavy (non-hydrogen) atoms. The molecule has 0 unspecified atom stereocenters. The highest BCUT2D eigenvalue weighted by Gasteiger charge is 2.04. The van der Waals surface area contributed by atoms with Crippen LogP contribution in [0.3, 0.4) is 0 Å². The molecule has 3 nitrogen and oxygen atoms in total. The van der Waals surface area contributed by atoms with E-state index in [1.54, 1.807) is 10.6 Å². The molecule has 0 aliphatic heterocycles. The quantitative estimate of drug-likeness (QED) is 0.720. The van der Waals surface area contributed by atoms with E-state index in [0.29, 0.717) is 11.1 Å². The van der Waals surface area contributed by atoms with Gasteiger partial charge in [0.2, 0.25) is 0 Å². The van der Waals surface area contributed by atoms with Gasteiger partial charge in [-0.05, 0) is 37.4 Å². The van der Waals surface area contributed by atoms with Crippen LogP contribution in [0.1, 0.15) is 19.9 Å². The topological polar surface area (TPSA) is 48.0 Å². The Bertz CT molecular complexity index is 555. The molecule has 0 spiro atoms. The predicted octanol–water partition coefficient (Wildman–Crippen LogP) is 2.16. The number of hydrogen-bond donors (Lipinski definition) is 1. The van der Waals surface area contributed by atoms with Gasteiger partial charge >= 0.3 is 0 Å². The number of pyridine rings is 1. The van der Waals surface area contributed by atoms with Crippen molar-refractivity contribution < 1.29 is 0 Å². The highest BCUT2D eigenvalue weighted by Crippen LogP contribution is 2.14. The van der Waals surface area contributed by atoms with Crippen LogP contribution in [-0.2, 0) is 0 Å². The number of nitrogens with two attached hydrogens (primary N) is 1. The first-order valence-corrected chi connectivity index (χ1v) is 5.00. The number of nitrogen functional groups attached to an aromatic ring is 1. The van der Waals surface area contributed by atoms with E-state index < -0.39 is 0 Å². The molecule has 1 aromatic carbocycles. The first-order valence-electron chi connectivity index (χ1n) is 5.00. The van der Waals surface area contributed by atoms with Crippen molar-refractivity contribution in [3.05, 3.63) is 40.8 Å². The molecular formula is C12H14N2O. The smallest absolute Gasteiger partial charge is 0.258 e. The third-order valence-electron chi connectivity index (χ3n) is 2.51. The zero-order valence-corrected chi connectivity index (χ0v) is 8.90. The van der Waals surface area contributed by atoms with Crippen molar-refractivity contribution in [1.29, 1.82) is 0 Å². The minimum Gasteiger partial charge on any atom is -0.399 e. The van der Waals surface area contributed by atoms with Crippen molar-refractivity contribution in [2.45, 2.75) is 19.9 Å². The normalized spacial score (nSPS) is 11.1. The second kappa shape index (κ2) is 3.42. The van der Waals surface area contributed by atoms with Crippen LogP contribution in [0.2, 0.25) is 0 Å². The Morgan fingerprint density at radius 3 is 2.67 bits per heavy atom. The summed E-state index contributed by atoms with van der Waals surface area (Å²) in [4.78, 5) is 12.0. The zero-order valence-electron chi connectivity index (χ0n) is 8.90. The molecule has 0 bridgehead atoms. The number of benzene rings is 1. The lowest BCUT2D eigenvalue weighted by Gasteiger charge is -2.10. The van der Waals surface area contributed by atoms with Gasteiger partial charge in [-0.25, -0.2) is 0 Å². The van der Waals surface area contributed by atoms with E-state index in [2.05, 4.69) is 0 Å². The zero-order chi connectivity index (χ0) is 11.0. The average Bonchev–Trinajstić information content (AvgIpc) is 2.19. The van der Waals surface area contributed by atoms with E-state index in [1.165, 1.54) is 0 Å². The van der Waals surface area contributed by atoms with Gasteiger partial charge in [0.25, 0.3) is 5.56 Å². The molecule has 1 aromatic heterocycles. The molecule has 0 saturated heterocycles. The van der Waals surface area contributed by atoms with Crippen molar-refractivity contribution >= 4 is 16.5 Å². The summed E-state index contributed by atoms with van der Waals surface area (Å²) < 4.78 is 1.71. The third kappa shape index (κ3) is 1.61. The Hall–Kier alpha value is -1.77. The number of anilines is 1. The van der Waals surface area contributed by atoms with Crippen LogP contribution in [-0.4, -0.2) is 4.57 Å². The van der Waals surface area contributed by atoms with Gasteiger partial charge in [0.1, 0.15) is 0 Å². The fourth-order valence-electron chi connectivity index (χ4n) is 1.68. The van der Waals surface area contributed by atoms with Gasteiger partial charge in [-0.3, -0.25) is 4.79 Å². The highest BCUT2D eigenvalue weighted by molar-refractivity contribution is 5.84. The number of fused-ring (bicyclic) bond motifs is 1. The molecule has 0 atom stereocenters. The van der Waals surface area contributed by atoms with Crippen LogP contribution in [0.5, 0.6) is 0 Å². The SMILES string of the molecule is CC(C)n1ccc2ccc(N)cc2c1=O. The van der Waals surface area contributed by atoms with Gasteiger partial charge in [-0.15, -0.1) is 0 Å². The van der Waals surface area contributed by atoms with E-state index in [4.69, 9.17) is 5.73 Å². The van der Waals surface area contributed by atoms with Crippen molar-refractivity contribution in [2.24, 2.45) is 0 Å². The summed E-state index contributed by atoms with van der Waals surface area (Å²) in [6, 6.07) is 7.52. The average molecular weight is 202 g/mol. The lowest BCUT2D eigenvalue weighted by atomic mass is 10.1. The largest absolute Gasteiger partial charge is 0.399 e. The van der Waals surface area contributed by atoms with Crippen LogP contribution in [0.4, 0.5) is 5.69 Å². The second-order valence-corrected chi connectivity index (χ2v) is 3.97. The summed E-state index contributed by atoms with van der Waals surface area (Å²) in [6.07, 6.45) is 1.82. The molecule has 3 heteroatoms. The van der Waals surface area contributed by atoms with Crippen LogP contribution >= 0.6 is 0 Å². The Morgan fingerprint density at radius 1 is 1.27 bits per heavy atom. The summed E-state index contributed by atoms with van der Waals surface area (Å²) in [7, 11) is 0. The van der Waals surface area contributed by atoms with Crippen molar-refractivity contribution in [2.75, 3.05) is 5.73 Å². The maximum absolute atomic E-state index is 12.0. The van der Waals surface area contributed by atoms with Gasteiger partial charge in [0, 0.05) is 23.3 Å². The molecule has 0 aliphatic carbocycles. The van der Waals surface area contributed by atoms with E-state index in [0.717, 1.165) is 5.39 Å². The molecule has 2 N–H and O–H groups in total. The standard InChI is InChI=1S/C12H14N2O/c1-8(2)14-6-5-9-3-4-10(13)7-11(9)12(14)15/h3-8H,13H2,1-2H3. The Balaban J connectivity index is 2.83. The van der Waals surface area contributed by atoms with Gasteiger partial charge < -0.3 is 10.3 Å². The predicted molar refractivity (Wildman–Crippen MR) is 63.0 cm³/mol. The summed E-state index contributed by atoms with van der Waals surface area (Å²) in [5, 5.41) is 1.62. The maximum atomic E-state index is 12.0. The van der Waals surface area contributed by atoms with Crippen LogP contribution in [0, 0.1) is 0 Å². The van der Waals surface area contributed by atoms with Gasteiger partial charge in [0.15, 0.2) is 0 Å². The lowest BCUT2D eigenvalue weighted by Crippen LogP contribution is -2.21. The van der Waals surface area contributed by atoms with Crippen LogP contribution < -0.4 is 11.3 Å². The molecule has 0 aliphatic rings. The first-order chi connectivity index (χ1) is 7.09. The molecule has 0 saturated carbocycles. The van der Waals surface area contributed by atoms with E-state index in [1.807, 2.05) is 38.2 Å². The molecule has 2 aromatic rings. The summed E-state index contributed by atoms with van der Waals surface area (Å²) in [5.41, 5.74) is 6.32. The molecule has 1 heterocycles. The number of hydrogen-bond acceptors (Lipinski definition) is 2. The number of nitrogens with zero attached hydrogens (tertiary/aromatic N) is 1. The van der Waals surface area contributed by atoms with E-state index in [9.17, 15) is 4.79 Å². The van der Waals surface area contributed by atoms with Crippen molar-refractivity contribution in [3.63, 3.8) is 0 Å². The fraction of sp³-hybridized carbons (Fsp3) is 0.250. The Kier molecular flexibility index (Phi) is 2.23. The molecule has 2 rings (SSSR count). The van der Waals surface area contributed by atoms with Crippen LogP contribution in [0.25, 0.3) is 10.8 Å². The molecule has 0 fully saturated rings. The van der Waals surface area contributed by atoms with Crippen molar-refractivity contribution in [1.82, 2.24) is 4.57 Å². The Labute approximate surface area is 88.1 Å². The monoisotopic (exact) mass is 202 g/mol. The molecule has 78 valence electrons. The molecular weight excluding hydrogens is 188 g/mol. The van der Waals surface area contributed by atoms with Gasteiger partial charge in [0.05, 0.1) is 0 Å². The lowest BCUT2D eigenvalue weighted by molar-refractivity contribution is 0.583. The molecule has 0 radical (unpaired) electrons. The number of aromatic nitrogens is 1. The fourth-order valence-corrected chi connectivity index (χ4v) is 1.68. The molecule has 0 amide bonds. The minimum absolute atomic E-state index is 0.0230. The summed E-state index contributed by atoms with van der Waals surface area (Å²) in [5.74, 6) is 0. The van der Waals surface area contributed by atoms with Gasteiger partial charge in [-0.2, -0.15) is 0 Å². The Morgan fingerprint density at radius 2 is 2.00 bits per heavy atom. The van der Waals surface area contributed by atoms with Gasteiger partial charge in [-0.1, -0.05) is 6.07 Å². The summed E-state index contributed by atoms with van der Waals surface area (Å²) >= 11 is 0. The second-order valence-electron chi connectivity index (χ2n) is 3.97. The minimum atomic E-state index is 0.0230. The van der Waals surface area contributed by atoms with Crippen molar-refractivity contribution in [3.8, 4) is 0 Å². The third-order valence-corrected chi connectivity index (χ3v) is 2.51. The number of rotatable bonds is 1. The van der Waals surface area contributed by atoms with E-state index >= 15 is 0 Å². The first kappa shape index (κ1) is 9.77. The van der Waals surface area contributed by atoms with Crippen LogP contribution in [0.15, 0.2) is 35.3 Å².